The SMILES string of the molecule is Cc1c(C(=O)Nc2cccc(-n3cnnn3)c2)sc2ccccc12. The van der Waals surface area contributed by atoms with E-state index in [9.17, 15) is 4.79 Å². The summed E-state index contributed by atoms with van der Waals surface area (Å²) in [5.74, 6) is -0.109. The number of tetrazole rings is 1. The van der Waals surface area contributed by atoms with Gasteiger partial charge in [0.05, 0.1) is 10.6 Å². The van der Waals surface area contributed by atoms with Crippen molar-refractivity contribution in [3.05, 3.63) is 65.3 Å². The molecule has 0 saturated heterocycles. The zero-order valence-electron chi connectivity index (χ0n) is 12.8. The number of fused-ring (bicyclic) bond motifs is 1. The maximum atomic E-state index is 12.7. The molecule has 2 aromatic carbocycles. The highest BCUT2D eigenvalue weighted by atomic mass is 32.1. The lowest BCUT2D eigenvalue weighted by Crippen LogP contribution is -2.11. The Balaban J connectivity index is 1.64. The number of nitrogens with zero attached hydrogens (tertiary/aromatic N) is 4. The van der Waals surface area contributed by atoms with Crippen molar-refractivity contribution in [2.75, 3.05) is 5.32 Å². The summed E-state index contributed by atoms with van der Waals surface area (Å²) in [5.41, 5.74) is 2.49. The molecule has 4 rings (SSSR count). The van der Waals surface area contributed by atoms with Crippen molar-refractivity contribution in [3.63, 3.8) is 0 Å². The van der Waals surface area contributed by atoms with Crippen LogP contribution >= 0.6 is 11.3 Å². The molecule has 1 amide bonds. The van der Waals surface area contributed by atoms with Gasteiger partial charge >= 0.3 is 0 Å². The van der Waals surface area contributed by atoms with Gasteiger partial charge in [-0.2, -0.15) is 0 Å². The largest absolute Gasteiger partial charge is 0.321 e. The van der Waals surface area contributed by atoms with Crippen molar-refractivity contribution in [2.24, 2.45) is 0 Å². The van der Waals surface area contributed by atoms with Gasteiger partial charge in [0.1, 0.15) is 6.33 Å². The third-order valence-corrected chi connectivity index (χ3v) is 5.04. The third kappa shape index (κ3) is 2.55. The van der Waals surface area contributed by atoms with E-state index in [4.69, 9.17) is 0 Å². The number of nitrogens with one attached hydrogen (secondary N) is 1. The summed E-state index contributed by atoms with van der Waals surface area (Å²) in [6.07, 6.45) is 1.51. The highest BCUT2D eigenvalue weighted by Gasteiger charge is 2.15. The number of rotatable bonds is 3. The normalized spacial score (nSPS) is 10.9. The molecule has 0 aliphatic heterocycles. The minimum Gasteiger partial charge on any atom is -0.321 e. The van der Waals surface area contributed by atoms with Crippen LogP contribution < -0.4 is 5.32 Å². The number of benzene rings is 2. The molecule has 0 saturated carbocycles. The second-order valence-electron chi connectivity index (χ2n) is 5.31. The van der Waals surface area contributed by atoms with Crippen LogP contribution in [0.25, 0.3) is 15.8 Å². The van der Waals surface area contributed by atoms with Gasteiger partial charge in [0.2, 0.25) is 0 Å². The number of carbonyl (C=O) groups excluding carboxylic acids is 1. The standard InChI is InChI=1S/C17H13N5OS/c1-11-14-7-2-3-8-15(14)24-16(11)17(23)19-12-5-4-6-13(9-12)22-10-18-20-21-22/h2-10H,1H3,(H,19,23). The Bertz CT molecular complexity index is 1020. The molecule has 2 aromatic heterocycles. The monoisotopic (exact) mass is 335 g/mol. The summed E-state index contributed by atoms with van der Waals surface area (Å²) in [4.78, 5) is 13.4. The summed E-state index contributed by atoms with van der Waals surface area (Å²) >= 11 is 1.50. The average molecular weight is 335 g/mol. The minimum atomic E-state index is -0.109. The molecule has 0 aliphatic carbocycles. The summed E-state index contributed by atoms with van der Waals surface area (Å²) in [6, 6.07) is 15.4. The van der Waals surface area contributed by atoms with E-state index in [1.165, 1.54) is 17.7 Å². The first-order valence-electron chi connectivity index (χ1n) is 7.35. The molecule has 118 valence electrons. The van der Waals surface area contributed by atoms with Gasteiger partial charge in [-0.15, -0.1) is 16.4 Å². The fraction of sp³-hybridized carbons (Fsp3) is 0.0588. The summed E-state index contributed by atoms with van der Waals surface area (Å²) in [5, 5.41) is 15.2. The quantitative estimate of drug-likeness (QED) is 0.622. The zero-order valence-corrected chi connectivity index (χ0v) is 13.6. The molecule has 2 heterocycles. The van der Waals surface area contributed by atoms with E-state index in [2.05, 4.69) is 20.8 Å². The van der Waals surface area contributed by atoms with Crippen LogP contribution in [0.3, 0.4) is 0 Å². The molecule has 1 N–H and O–H groups in total. The lowest BCUT2D eigenvalue weighted by Gasteiger charge is -2.06. The number of anilines is 1. The maximum absolute atomic E-state index is 12.7. The average Bonchev–Trinajstić information content (AvgIpc) is 3.24. The zero-order chi connectivity index (χ0) is 16.5. The Kier molecular flexibility index (Phi) is 3.55. The molecular formula is C17H13N5OS. The second-order valence-corrected chi connectivity index (χ2v) is 6.36. The highest BCUT2D eigenvalue weighted by Crippen LogP contribution is 2.31. The van der Waals surface area contributed by atoms with E-state index in [-0.39, 0.29) is 5.91 Å². The number of aryl methyl sites for hydroxylation is 1. The summed E-state index contributed by atoms with van der Waals surface area (Å²) < 4.78 is 2.66. The number of thiophene rings is 1. The number of amides is 1. The van der Waals surface area contributed by atoms with E-state index in [1.807, 2.05) is 55.5 Å². The van der Waals surface area contributed by atoms with Crippen LogP contribution in [0.1, 0.15) is 15.2 Å². The Morgan fingerprint density at radius 2 is 2.04 bits per heavy atom. The molecule has 0 atom stereocenters. The fourth-order valence-electron chi connectivity index (χ4n) is 2.58. The number of aromatic nitrogens is 4. The van der Waals surface area contributed by atoms with Crippen molar-refractivity contribution in [2.45, 2.75) is 6.92 Å². The van der Waals surface area contributed by atoms with Gasteiger partial charge in [-0.3, -0.25) is 4.79 Å². The molecule has 0 fully saturated rings. The Morgan fingerprint density at radius 1 is 1.17 bits per heavy atom. The predicted octanol–water partition coefficient (Wildman–Crippen LogP) is 3.44. The molecule has 24 heavy (non-hydrogen) atoms. The fourth-order valence-corrected chi connectivity index (χ4v) is 3.69. The Morgan fingerprint density at radius 3 is 2.83 bits per heavy atom. The lowest BCUT2D eigenvalue weighted by molar-refractivity contribution is 0.103. The van der Waals surface area contributed by atoms with Crippen molar-refractivity contribution in [3.8, 4) is 5.69 Å². The van der Waals surface area contributed by atoms with Crippen LogP contribution in [-0.2, 0) is 0 Å². The first-order valence-corrected chi connectivity index (χ1v) is 8.17. The smallest absolute Gasteiger partial charge is 0.266 e. The molecule has 0 spiro atoms. The van der Waals surface area contributed by atoms with Gasteiger partial charge < -0.3 is 5.32 Å². The van der Waals surface area contributed by atoms with Crippen LogP contribution in [-0.4, -0.2) is 26.1 Å². The van der Waals surface area contributed by atoms with Gasteiger partial charge in [-0.25, -0.2) is 4.68 Å². The van der Waals surface area contributed by atoms with E-state index in [0.29, 0.717) is 5.69 Å². The third-order valence-electron chi connectivity index (χ3n) is 3.77. The van der Waals surface area contributed by atoms with Crippen molar-refractivity contribution in [1.82, 2.24) is 20.2 Å². The second kappa shape index (κ2) is 5.86. The topological polar surface area (TPSA) is 72.7 Å². The molecule has 0 unspecified atom stereocenters. The first kappa shape index (κ1) is 14.5. The van der Waals surface area contributed by atoms with Crippen LogP contribution in [0.4, 0.5) is 5.69 Å². The molecule has 7 heteroatoms. The molecule has 0 bridgehead atoms. The van der Waals surface area contributed by atoms with E-state index in [0.717, 1.165) is 26.2 Å². The Labute approximate surface area is 141 Å². The van der Waals surface area contributed by atoms with Gasteiger partial charge in [-0.05, 0) is 52.6 Å². The maximum Gasteiger partial charge on any atom is 0.266 e. The van der Waals surface area contributed by atoms with Crippen LogP contribution in [0.2, 0.25) is 0 Å². The van der Waals surface area contributed by atoms with Crippen LogP contribution in [0.5, 0.6) is 0 Å². The number of carbonyl (C=O) groups is 1. The minimum absolute atomic E-state index is 0.109. The summed E-state index contributed by atoms with van der Waals surface area (Å²) in [7, 11) is 0. The molecule has 4 aromatic rings. The number of hydrogen-bond donors (Lipinski definition) is 1. The van der Waals surface area contributed by atoms with Gasteiger partial charge in [-0.1, -0.05) is 24.3 Å². The predicted molar refractivity (Wildman–Crippen MR) is 93.7 cm³/mol. The summed E-state index contributed by atoms with van der Waals surface area (Å²) in [6.45, 7) is 1.98. The van der Waals surface area contributed by atoms with Crippen LogP contribution in [0.15, 0.2) is 54.9 Å². The number of hydrogen-bond acceptors (Lipinski definition) is 5. The molecule has 6 nitrogen and oxygen atoms in total. The van der Waals surface area contributed by atoms with E-state index >= 15 is 0 Å². The van der Waals surface area contributed by atoms with Gasteiger partial charge in [0, 0.05) is 10.4 Å². The first-order chi connectivity index (χ1) is 11.7. The van der Waals surface area contributed by atoms with E-state index < -0.39 is 0 Å². The van der Waals surface area contributed by atoms with E-state index in [1.54, 1.807) is 4.68 Å². The molecule has 0 aliphatic rings. The van der Waals surface area contributed by atoms with Crippen molar-refractivity contribution >= 4 is 33.0 Å². The highest BCUT2D eigenvalue weighted by molar-refractivity contribution is 7.21. The molecule has 0 radical (unpaired) electrons. The van der Waals surface area contributed by atoms with Gasteiger partial charge in [0.25, 0.3) is 5.91 Å². The molecular weight excluding hydrogens is 322 g/mol. The Hall–Kier alpha value is -3.06. The van der Waals surface area contributed by atoms with Crippen molar-refractivity contribution < 1.29 is 4.79 Å². The van der Waals surface area contributed by atoms with Gasteiger partial charge in [0.15, 0.2) is 0 Å². The van der Waals surface area contributed by atoms with Crippen molar-refractivity contribution in [1.29, 1.82) is 0 Å². The van der Waals surface area contributed by atoms with Crippen LogP contribution in [0, 0.1) is 6.92 Å². The lowest BCUT2D eigenvalue weighted by atomic mass is 10.1.